The minimum atomic E-state index is -1.31. The van der Waals surface area contributed by atoms with Crippen molar-refractivity contribution in [3.8, 4) is 0 Å². The molecule has 2 heterocycles. The number of aliphatic hydroxyl groups is 3. The molecule has 0 aromatic carbocycles. The zero-order valence-electron chi connectivity index (χ0n) is 11.7. The van der Waals surface area contributed by atoms with E-state index < -0.39 is 36.6 Å². The molecule has 110 valence electrons. The maximum Gasteiger partial charge on any atom is 0.253 e. The average molecular weight is 283 g/mol. The standard InChI is InChI=1S/C13H18N2O5/c14-3-1-2-7-4-8(13(19)15-5-7)12-11(18)10(17)9(6-16)20-12/h1-2,4-5,9-12,16-18H,3,6,14H2,(H,15,19)/t9-,10-,11-,12?/m1/s1/i1D. The van der Waals surface area contributed by atoms with E-state index in [9.17, 15) is 15.0 Å². The number of hydrogen-bond donors (Lipinski definition) is 5. The first-order chi connectivity index (χ1) is 9.97. The van der Waals surface area contributed by atoms with Crippen molar-refractivity contribution >= 4 is 6.08 Å². The molecule has 7 heteroatoms. The van der Waals surface area contributed by atoms with Crippen molar-refractivity contribution in [2.24, 2.45) is 5.73 Å². The number of nitrogens with one attached hydrogen (secondary N) is 1. The van der Waals surface area contributed by atoms with E-state index >= 15 is 0 Å². The third-order valence-electron chi connectivity index (χ3n) is 3.19. The molecular formula is C13H18N2O5. The highest BCUT2D eigenvalue weighted by atomic mass is 16.6. The zero-order chi connectivity index (χ0) is 15.6. The molecule has 2 rings (SSSR count). The van der Waals surface area contributed by atoms with Gasteiger partial charge in [0.2, 0.25) is 0 Å². The van der Waals surface area contributed by atoms with Crippen molar-refractivity contribution < 1.29 is 21.4 Å². The number of aliphatic hydroxyl groups excluding tert-OH is 3. The van der Waals surface area contributed by atoms with Gasteiger partial charge in [0, 0.05) is 18.3 Å². The molecule has 1 aliphatic heterocycles. The highest BCUT2D eigenvalue weighted by Crippen LogP contribution is 2.32. The maximum absolute atomic E-state index is 11.9. The number of nitrogens with two attached hydrogens (primary N) is 1. The molecule has 1 fully saturated rings. The van der Waals surface area contributed by atoms with Gasteiger partial charge >= 0.3 is 0 Å². The minimum absolute atomic E-state index is 0.0579. The van der Waals surface area contributed by atoms with Crippen LogP contribution < -0.4 is 11.3 Å². The molecule has 1 aliphatic rings. The van der Waals surface area contributed by atoms with Crippen LogP contribution in [0.25, 0.3) is 6.08 Å². The summed E-state index contributed by atoms with van der Waals surface area (Å²) in [5.74, 6) is 0. The molecular weight excluding hydrogens is 264 g/mol. The van der Waals surface area contributed by atoms with E-state index in [1.54, 1.807) is 0 Å². The molecule has 0 bridgehead atoms. The molecule has 1 aromatic heterocycles. The van der Waals surface area contributed by atoms with E-state index in [0.29, 0.717) is 5.56 Å². The number of aromatic nitrogens is 1. The molecule has 0 radical (unpaired) electrons. The Kier molecular flexibility index (Phi) is 4.24. The van der Waals surface area contributed by atoms with Gasteiger partial charge in [-0.1, -0.05) is 12.1 Å². The molecule has 1 saturated heterocycles. The van der Waals surface area contributed by atoms with Gasteiger partial charge in [0.25, 0.3) is 5.56 Å². The Morgan fingerprint density at radius 2 is 2.25 bits per heavy atom. The van der Waals surface area contributed by atoms with Crippen molar-refractivity contribution in [2.75, 3.05) is 13.2 Å². The second-order valence-corrected chi connectivity index (χ2v) is 4.53. The van der Waals surface area contributed by atoms with E-state index in [1.165, 1.54) is 18.3 Å². The molecule has 0 spiro atoms. The topological polar surface area (TPSA) is 129 Å². The Bertz CT molecular complexity index is 588. The lowest BCUT2D eigenvalue weighted by molar-refractivity contribution is -0.0231. The largest absolute Gasteiger partial charge is 0.394 e. The summed E-state index contributed by atoms with van der Waals surface area (Å²) in [6.45, 7) is -0.404. The number of pyridine rings is 1. The highest BCUT2D eigenvalue weighted by molar-refractivity contribution is 5.49. The van der Waals surface area contributed by atoms with Gasteiger partial charge in [-0.2, -0.15) is 0 Å². The molecule has 20 heavy (non-hydrogen) atoms. The number of H-pyrrole nitrogens is 1. The van der Waals surface area contributed by atoms with Crippen LogP contribution in [0, 0.1) is 0 Å². The molecule has 0 amide bonds. The zero-order valence-corrected chi connectivity index (χ0v) is 10.7. The van der Waals surface area contributed by atoms with Crippen molar-refractivity contribution in [1.29, 1.82) is 0 Å². The monoisotopic (exact) mass is 283 g/mol. The van der Waals surface area contributed by atoms with Crippen molar-refractivity contribution in [3.05, 3.63) is 39.8 Å². The lowest BCUT2D eigenvalue weighted by Gasteiger charge is -2.14. The van der Waals surface area contributed by atoms with E-state index in [0.717, 1.165) is 0 Å². The van der Waals surface area contributed by atoms with Gasteiger partial charge in [0.15, 0.2) is 0 Å². The van der Waals surface area contributed by atoms with Gasteiger partial charge in [-0.3, -0.25) is 4.79 Å². The van der Waals surface area contributed by atoms with Crippen LogP contribution in [0.15, 0.2) is 23.1 Å². The van der Waals surface area contributed by atoms with Crippen LogP contribution in [0.2, 0.25) is 0 Å². The van der Waals surface area contributed by atoms with Crippen LogP contribution in [-0.2, 0) is 4.74 Å². The average Bonchev–Trinajstić information content (AvgIpc) is 2.77. The Morgan fingerprint density at radius 3 is 2.85 bits per heavy atom. The summed E-state index contributed by atoms with van der Waals surface area (Å²) in [5.41, 5.74) is 5.51. The van der Waals surface area contributed by atoms with E-state index in [1.807, 2.05) is 0 Å². The van der Waals surface area contributed by atoms with E-state index in [4.69, 9.17) is 16.9 Å². The molecule has 4 atom stereocenters. The lowest BCUT2D eigenvalue weighted by Crippen LogP contribution is -2.33. The SMILES string of the molecule is [2H]C(=Cc1c[nH]c(=O)c(C2O[C@H](CO)[C@@H](O)[C@H]2O)c1)CN. The molecule has 0 aliphatic carbocycles. The summed E-state index contributed by atoms with van der Waals surface area (Å²) in [5, 5.41) is 28.7. The second kappa shape index (κ2) is 6.29. The van der Waals surface area contributed by atoms with Gasteiger partial charge in [-0.15, -0.1) is 0 Å². The molecule has 6 N–H and O–H groups in total. The fourth-order valence-electron chi connectivity index (χ4n) is 2.15. The number of rotatable bonds is 4. The fraction of sp³-hybridized carbons (Fsp3) is 0.462. The third kappa shape index (κ3) is 2.82. The van der Waals surface area contributed by atoms with Gasteiger partial charge in [-0.25, -0.2) is 0 Å². The summed E-state index contributed by atoms with van der Waals surface area (Å²) in [7, 11) is 0. The molecule has 0 saturated carbocycles. The van der Waals surface area contributed by atoms with Crippen LogP contribution in [0.1, 0.15) is 18.6 Å². The van der Waals surface area contributed by atoms with Crippen LogP contribution >= 0.6 is 0 Å². The van der Waals surface area contributed by atoms with Crippen LogP contribution in [0.4, 0.5) is 0 Å². The number of hydrogen-bond acceptors (Lipinski definition) is 6. The normalized spacial score (nSPS) is 31.4. The van der Waals surface area contributed by atoms with E-state index in [-0.39, 0.29) is 18.2 Å². The Labute approximate surface area is 116 Å². The Hall–Kier alpha value is -1.51. The molecule has 1 aromatic rings. The first kappa shape index (κ1) is 13.5. The highest BCUT2D eigenvalue weighted by Gasteiger charge is 2.43. The van der Waals surface area contributed by atoms with Crippen molar-refractivity contribution in [2.45, 2.75) is 24.4 Å². The van der Waals surface area contributed by atoms with E-state index in [2.05, 4.69) is 4.98 Å². The Balaban J connectivity index is 2.36. The predicted octanol–water partition coefficient (Wildman–Crippen LogP) is -1.50. The molecule has 1 unspecified atom stereocenters. The van der Waals surface area contributed by atoms with Crippen LogP contribution in [0.5, 0.6) is 0 Å². The third-order valence-corrected chi connectivity index (χ3v) is 3.19. The maximum atomic E-state index is 11.9. The van der Waals surface area contributed by atoms with Gasteiger partial charge in [-0.05, 0) is 11.6 Å². The van der Waals surface area contributed by atoms with Crippen LogP contribution in [0.3, 0.4) is 0 Å². The number of aromatic amines is 1. The summed E-state index contributed by atoms with van der Waals surface area (Å²) >= 11 is 0. The fourth-order valence-corrected chi connectivity index (χ4v) is 2.15. The Morgan fingerprint density at radius 1 is 1.50 bits per heavy atom. The first-order valence-corrected chi connectivity index (χ1v) is 6.20. The summed E-state index contributed by atoms with van der Waals surface area (Å²) < 4.78 is 12.8. The second-order valence-electron chi connectivity index (χ2n) is 4.53. The van der Waals surface area contributed by atoms with Crippen molar-refractivity contribution in [1.82, 2.24) is 4.98 Å². The smallest absolute Gasteiger partial charge is 0.253 e. The first-order valence-electron chi connectivity index (χ1n) is 6.70. The van der Waals surface area contributed by atoms with Gasteiger partial charge in [0.1, 0.15) is 24.4 Å². The summed E-state index contributed by atoms with van der Waals surface area (Å²) in [4.78, 5) is 14.4. The minimum Gasteiger partial charge on any atom is -0.394 e. The number of ether oxygens (including phenoxy) is 1. The predicted molar refractivity (Wildman–Crippen MR) is 71.9 cm³/mol. The summed E-state index contributed by atoms with van der Waals surface area (Å²) in [6, 6.07) is 1.64. The van der Waals surface area contributed by atoms with Gasteiger partial charge in [0.05, 0.1) is 7.98 Å². The quantitative estimate of drug-likeness (QED) is 0.457. The van der Waals surface area contributed by atoms with Crippen molar-refractivity contribution in [3.63, 3.8) is 0 Å². The molecule has 7 nitrogen and oxygen atoms in total. The lowest BCUT2D eigenvalue weighted by atomic mass is 10.0. The van der Waals surface area contributed by atoms with Gasteiger partial charge < -0.3 is 30.8 Å². The summed E-state index contributed by atoms with van der Waals surface area (Å²) in [6.07, 6.45) is -1.68. The van der Waals surface area contributed by atoms with Crippen LogP contribution in [-0.4, -0.2) is 51.8 Å².